The lowest BCUT2D eigenvalue weighted by Gasteiger charge is -2.07. The number of benzene rings is 1. The fourth-order valence-corrected chi connectivity index (χ4v) is 1.80. The zero-order valence-electron chi connectivity index (χ0n) is 11.1. The number of nitrogens with zero attached hydrogens (tertiary/aromatic N) is 2. The molecule has 2 N–H and O–H groups in total. The van der Waals surface area contributed by atoms with E-state index in [0.717, 1.165) is 17.0 Å². The average molecular weight is 259 g/mol. The summed E-state index contributed by atoms with van der Waals surface area (Å²) in [7, 11) is 3.23. The molecule has 0 aliphatic rings. The minimum absolute atomic E-state index is 0.294. The molecule has 0 fully saturated rings. The molecule has 5 nitrogen and oxygen atoms in total. The first kappa shape index (κ1) is 13.3. The van der Waals surface area contributed by atoms with E-state index in [1.807, 2.05) is 30.3 Å². The van der Waals surface area contributed by atoms with Crippen molar-refractivity contribution in [2.75, 3.05) is 14.2 Å². The zero-order chi connectivity index (χ0) is 13.7. The van der Waals surface area contributed by atoms with Crippen molar-refractivity contribution in [1.29, 1.82) is 0 Å². The molecule has 0 saturated heterocycles. The second-order valence-corrected chi connectivity index (χ2v) is 4.05. The number of nitrogens with two attached hydrogens (primary N) is 1. The molecule has 19 heavy (non-hydrogen) atoms. The molecular formula is C14H17N3O2. The Morgan fingerprint density at radius 3 is 2.63 bits per heavy atom. The second kappa shape index (κ2) is 6.15. The van der Waals surface area contributed by atoms with Crippen LogP contribution in [0.5, 0.6) is 11.6 Å². The van der Waals surface area contributed by atoms with Gasteiger partial charge in [0.2, 0.25) is 5.88 Å². The maximum Gasteiger partial charge on any atom is 0.216 e. The highest BCUT2D eigenvalue weighted by atomic mass is 16.5. The van der Waals surface area contributed by atoms with Gasteiger partial charge in [0.25, 0.3) is 0 Å². The Kier molecular flexibility index (Phi) is 4.30. The molecule has 0 unspecified atom stereocenters. The summed E-state index contributed by atoms with van der Waals surface area (Å²) >= 11 is 0. The highest BCUT2D eigenvalue weighted by Crippen LogP contribution is 2.17. The van der Waals surface area contributed by atoms with E-state index in [0.29, 0.717) is 24.7 Å². The van der Waals surface area contributed by atoms with Gasteiger partial charge in [0, 0.05) is 12.5 Å². The van der Waals surface area contributed by atoms with Crippen LogP contribution >= 0.6 is 0 Å². The third-order valence-electron chi connectivity index (χ3n) is 2.71. The molecule has 1 aromatic carbocycles. The van der Waals surface area contributed by atoms with Crippen LogP contribution in [0.4, 0.5) is 0 Å². The fourth-order valence-electron chi connectivity index (χ4n) is 1.80. The number of methoxy groups -OCH3 is 2. The summed E-state index contributed by atoms with van der Waals surface area (Å²) in [5, 5.41) is 0. The molecule has 0 bridgehead atoms. The Bertz CT molecular complexity index is 536. The minimum atomic E-state index is 0.294. The van der Waals surface area contributed by atoms with Crippen LogP contribution in [0.2, 0.25) is 0 Å². The molecule has 0 spiro atoms. The Morgan fingerprint density at radius 1 is 1.11 bits per heavy atom. The van der Waals surface area contributed by atoms with Gasteiger partial charge in [-0.05, 0) is 17.7 Å². The van der Waals surface area contributed by atoms with Crippen LogP contribution in [0, 0.1) is 0 Å². The quantitative estimate of drug-likeness (QED) is 0.882. The number of hydrogen-bond donors (Lipinski definition) is 1. The third kappa shape index (κ3) is 3.42. The topological polar surface area (TPSA) is 70.3 Å². The Hall–Kier alpha value is -2.14. The lowest BCUT2D eigenvalue weighted by Crippen LogP contribution is -2.07. The summed E-state index contributed by atoms with van der Waals surface area (Å²) in [4.78, 5) is 8.56. The molecule has 0 atom stereocenters. The molecule has 5 heteroatoms. The predicted octanol–water partition coefficient (Wildman–Crippen LogP) is 1.54. The monoisotopic (exact) mass is 259 g/mol. The molecule has 2 rings (SSSR count). The van der Waals surface area contributed by atoms with Crippen LogP contribution in [0.3, 0.4) is 0 Å². The number of ether oxygens (including phenoxy) is 2. The zero-order valence-corrected chi connectivity index (χ0v) is 11.1. The van der Waals surface area contributed by atoms with E-state index >= 15 is 0 Å². The van der Waals surface area contributed by atoms with Crippen molar-refractivity contribution < 1.29 is 9.47 Å². The molecule has 2 aromatic rings. The molecule has 0 saturated carbocycles. The minimum Gasteiger partial charge on any atom is -0.497 e. The maximum absolute atomic E-state index is 5.58. The molecule has 0 aliphatic carbocycles. The smallest absolute Gasteiger partial charge is 0.216 e. The van der Waals surface area contributed by atoms with Crippen molar-refractivity contribution in [3.8, 4) is 11.6 Å². The highest BCUT2D eigenvalue weighted by Gasteiger charge is 2.05. The van der Waals surface area contributed by atoms with Crippen molar-refractivity contribution >= 4 is 0 Å². The first-order chi connectivity index (χ1) is 9.25. The van der Waals surface area contributed by atoms with Gasteiger partial charge in [0.15, 0.2) is 0 Å². The molecular weight excluding hydrogens is 242 g/mol. The van der Waals surface area contributed by atoms with E-state index in [-0.39, 0.29) is 0 Å². The van der Waals surface area contributed by atoms with E-state index in [9.17, 15) is 0 Å². The average Bonchev–Trinajstić information content (AvgIpc) is 2.47. The van der Waals surface area contributed by atoms with Gasteiger partial charge < -0.3 is 15.2 Å². The third-order valence-corrected chi connectivity index (χ3v) is 2.71. The lowest BCUT2D eigenvalue weighted by atomic mass is 10.1. The van der Waals surface area contributed by atoms with Crippen LogP contribution in [0.25, 0.3) is 0 Å². The van der Waals surface area contributed by atoms with Gasteiger partial charge in [-0.2, -0.15) is 4.98 Å². The van der Waals surface area contributed by atoms with Crippen LogP contribution < -0.4 is 15.2 Å². The van der Waals surface area contributed by atoms with Gasteiger partial charge in [-0.1, -0.05) is 12.1 Å². The van der Waals surface area contributed by atoms with Gasteiger partial charge in [0.1, 0.15) is 11.6 Å². The van der Waals surface area contributed by atoms with Crippen molar-refractivity contribution in [2.24, 2.45) is 5.73 Å². The summed E-state index contributed by atoms with van der Waals surface area (Å²) in [6, 6.07) is 9.69. The van der Waals surface area contributed by atoms with Crippen LogP contribution in [0.1, 0.15) is 17.1 Å². The van der Waals surface area contributed by atoms with Crippen LogP contribution in [-0.2, 0) is 13.0 Å². The van der Waals surface area contributed by atoms with Gasteiger partial charge >= 0.3 is 0 Å². The van der Waals surface area contributed by atoms with Crippen LogP contribution in [-0.4, -0.2) is 24.2 Å². The lowest BCUT2D eigenvalue weighted by molar-refractivity contribution is 0.394. The van der Waals surface area contributed by atoms with E-state index in [1.165, 1.54) is 0 Å². The van der Waals surface area contributed by atoms with Crippen LogP contribution in [0.15, 0.2) is 30.3 Å². The molecule has 0 amide bonds. The van der Waals surface area contributed by atoms with Gasteiger partial charge in [-0.3, -0.25) is 0 Å². The van der Waals surface area contributed by atoms with Gasteiger partial charge in [0.05, 0.1) is 26.5 Å². The fraction of sp³-hybridized carbons (Fsp3) is 0.286. The van der Waals surface area contributed by atoms with E-state index in [1.54, 1.807) is 14.2 Å². The largest absolute Gasteiger partial charge is 0.497 e. The van der Waals surface area contributed by atoms with E-state index < -0.39 is 0 Å². The summed E-state index contributed by atoms with van der Waals surface area (Å²) in [5.74, 6) is 1.95. The molecule has 0 aliphatic heterocycles. The summed E-state index contributed by atoms with van der Waals surface area (Å²) in [6.45, 7) is 0.294. The molecule has 100 valence electrons. The number of aromatic nitrogens is 2. The maximum atomic E-state index is 5.58. The number of hydrogen-bond acceptors (Lipinski definition) is 5. The van der Waals surface area contributed by atoms with E-state index in [2.05, 4.69) is 9.97 Å². The summed E-state index contributed by atoms with van der Waals surface area (Å²) in [6.07, 6.45) is 0.684. The van der Waals surface area contributed by atoms with Crippen molar-refractivity contribution in [1.82, 2.24) is 9.97 Å². The second-order valence-electron chi connectivity index (χ2n) is 4.05. The first-order valence-corrected chi connectivity index (χ1v) is 5.99. The van der Waals surface area contributed by atoms with Gasteiger partial charge in [-0.25, -0.2) is 4.98 Å². The first-order valence-electron chi connectivity index (χ1n) is 5.99. The highest BCUT2D eigenvalue weighted by molar-refractivity contribution is 5.32. The Labute approximate surface area is 112 Å². The number of rotatable bonds is 5. The predicted molar refractivity (Wildman–Crippen MR) is 72.3 cm³/mol. The van der Waals surface area contributed by atoms with Gasteiger partial charge in [-0.15, -0.1) is 0 Å². The molecule has 1 heterocycles. The Morgan fingerprint density at radius 2 is 1.95 bits per heavy atom. The van der Waals surface area contributed by atoms with Crippen molar-refractivity contribution in [3.63, 3.8) is 0 Å². The Balaban J connectivity index is 2.26. The summed E-state index contributed by atoms with van der Waals surface area (Å²) in [5.41, 5.74) is 7.57. The van der Waals surface area contributed by atoms with Crippen molar-refractivity contribution in [3.05, 3.63) is 47.4 Å². The van der Waals surface area contributed by atoms with E-state index in [4.69, 9.17) is 15.2 Å². The molecule has 0 radical (unpaired) electrons. The van der Waals surface area contributed by atoms with Crippen molar-refractivity contribution in [2.45, 2.75) is 13.0 Å². The SMILES string of the molecule is COc1cccc(Cc2cc(OC)nc(CN)n2)c1. The molecule has 1 aromatic heterocycles. The standard InChI is InChI=1S/C14H17N3O2/c1-18-12-5-3-4-10(7-12)6-11-8-14(19-2)17-13(9-15)16-11/h3-5,7-8H,6,9,15H2,1-2H3. The summed E-state index contributed by atoms with van der Waals surface area (Å²) < 4.78 is 10.4. The normalized spacial score (nSPS) is 10.3.